The Morgan fingerprint density at radius 1 is 1.09 bits per heavy atom. The second-order valence-corrected chi connectivity index (χ2v) is 8.90. The molecule has 164 valence electrons. The van der Waals surface area contributed by atoms with E-state index in [1.165, 1.54) is 31.2 Å². The first-order chi connectivity index (χ1) is 15.2. The molecule has 3 aliphatic carbocycles. The summed E-state index contributed by atoms with van der Waals surface area (Å²) in [7, 11) is 2.94. The van der Waals surface area contributed by atoms with E-state index in [-0.39, 0.29) is 47.2 Å². The molecule has 7 nitrogen and oxygen atoms in total. The van der Waals surface area contributed by atoms with Crippen molar-refractivity contribution in [3.63, 3.8) is 0 Å². The summed E-state index contributed by atoms with van der Waals surface area (Å²) in [4.78, 5) is 53.1. The fourth-order valence-corrected chi connectivity index (χ4v) is 5.77. The summed E-state index contributed by atoms with van der Waals surface area (Å²) >= 11 is 0. The number of fused-ring (bicyclic) bond motifs is 3. The van der Waals surface area contributed by atoms with Gasteiger partial charge in [0.05, 0.1) is 18.9 Å². The van der Waals surface area contributed by atoms with Crippen LogP contribution in [0.2, 0.25) is 0 Å². The van der Waals surface area contributed by atoms with E-state index in [4.69, 9.17) is 4.74 Å². The van der Waals surface area contributed by atoms with Gasteiger partial charge in [-0.2, -0.15) is 0 Å². The smallest absolute Gasteiger partial charge is 0.233 e. The maximum atomic E-state index is 13.3. The molecule has 1 heterocycles. The number of likely N-dealkylation sites (tertiary alicyclic amines) is 1. The molecule has 1 fully saturated rings. The van der Waals surface area contributed by atoms with Crippen molar-refractivity contribution in [2.75, 3.05) is 14.2 Å². The van der Waals surface area contributed by atoms with Crippen molar-refractivity contribution in [2.24, 2.45) is 17.8 Å². The maximum Gasteiger partial charge on any atom is 0.233 e. The minimum absolute atomic E-state index is 0.0317. The molecule has 0 bridgehead atoms. The molecule has 0 spiro atoms. The molecule has 0 radical (unpaired) electrons. The number of phenolic OH excluding ortho intramolecular Hbond substituents is 1. The van der Waals surface area contributed by atoms with Gasteiger partial charge < -0.3 is 9.84 Å². The number of phenols is 1. The van der Waals surface area contributed by atoms with Crippen LogP contribution in [0.25, 0.3) is 0 Å². The summed E-state index contributed by atoms with van der Waals surface area (Å²) < 4.78 is 5.28. The van der Waals surface area contributed by atoms with Crippen LogP contribution < -0.4 is 4.74 Å². The fraction of sp³-hybridized carbons (Fsp3) is 0.360. The number of benzene rings is 1. The molecule has 0 unspecified atom stereocenters. The fourth-order valence-electron chi connectivity index (χ4n) is 5.77. The molecular formula is C25H23NO6. The van der Waals surface area contributed by atoms with Gasteiger partial charge in [-0.05, 0) is 49.5 Å². The summed E-state index contributed by atoms with van der Waals surface area (Å²) in [6.07, 6.45) is 4.00. The highest BCUT2D eigenvalue weighted by Gasteiger charge is 2.55. The minimum Gasteiger partial charge on any atom is -0.504 e. The quantitative estimate of drug-likeness (QED) is 0.437. The van der Waals surface area contributed by atoms with Crippen LogP contribution >= 0.6 is 0 Å². The average Bonchev–Trinajstić information content (AvgIpc) is 3.00. The van der Waals surface area contributed by atoms with Crippen LogP contribution in [0.3, 0.4) is 0 Å². The average molecular weight is 433 g/mol. The van der Waals surface area contributed by atoms with Crippen molar-refractivity contribution in [1.82, 2.24) is 4.90 Å². The number of methoxy groups -OCH3 is 1. The molecule has 2 amide bonds. The van der Waals surface area contributed by atoms with Gasteiger partial charge in [0.15, 0.2) is 23.1 Å². The van der Waals surface area contributed by atoms with Crippen LogP contribution in [0.4, 0.5) is 0 Å². The van der Waals surface area contributed by atoms with Gasteiger partial charge in [-0.15, -0.1) is 0 Å². The third-order valence-electron chi connectivity index (χ3n) is 7.32. The number of carbonyl (C=O) groups is 4. The summed E-state index contributed by atoms with van der Waals surface area (Å²) in [5.74, 6) is -2.49. The van der Waals surface area contributed by atoms with Crippen molar-refractivity contribution in [3.05, 3.63) is 58.2 Å². The van der Waals surface area contributed by atoms with Crippen molar-refractivity contribution in [2.45, 2.75) is 25.7 Å². The molecule has 1 aromatic carbocycles. The van der Waals surface area contributed by atoms with Crippen LogP contribution in [0.5, 0.6) is 11.5 Å². The predicted molar refractivity (Wildman–Crippen MR) is 114 cm³/mol. The number of rotatable bonds is 2. The summed E-state index contributed by atoms with van der Waals surface area (Å²) in [6, 6.07) is 4.88. The van der Waals surface area contributed by atoms with E-state index in [0.717, 1.165) is 5.57 Å². The monoisotopic (exact) mass is 433 g/mol. The van der Waals surface area contributed by atoms with Crippen LogP contribution in [0.15, 0.2) is 52.6 Å². The number of hydrogen-bond acceptors (Lipinski definition) is 6. The van der Waals surface area contributed by atoms with Gasteiger partial charge in [-0.3, -0.25) is 24.1 Å². The van der Waals surface area contributed by atoms with Crippen LogP contribution in [-0.4, -0.2) is 47.5 Å². The molecule has 1 saturated heterocycles. The Bertz CT molecular complexity index is 1200. The van der Waals surface area contributed by atoms with Gasteiger partial charge in [0.1, 0.15) is 0 Å². The SMILES string of the molecule is COc1cc([C@H]2C3=CC[C@@H]4C(=O)N(C)C(=O)[C@@H]4[C@@H]3CC3=C2C(=O)C(C)=CC3=O)ccc1O. The number of ether oxygens (including phenoxy) is 1. The number of allylic oxidation sites excluding steroid dienone is 6. The highest BCUT2D eigenvalue weighted by molar-refractivity contribution is 6.23. The Kier molecular flexibility index (Phi) is 4.48. The maximum absolute atomic E-state index is 13.3. The summed E-state index contributed by atoms with van der Waals surface area (Å²) in [6.45, 7) is 1.63. The van der Waals surface area contributed by atoms with Crippen LogP contribution in [0, 0.1) is 17.8 Å². The number of hydrogen-bond donors (Lipinski definition) is 1. The van der Waals surface area contributed by atoms with Crippen molar-refractivity contribution >= 4 is 23.4 Å². The highest BCUT2D eigenvalue weighted by atomic mass is 16.5. The van der Waals surface area contributed by atoms with Gasteiger partial charge in [0.2, 0.25) is 11.8 Å². The van der Waals surface area contributed by atoms with E-state index >= 15 is 0 Å². The third-order valence-corrected chi connectivity index (χ3v) is 7.32. The van der Waals surface area contributed by atoms with E-state index in [1.807, 2.05) is 6.08 Å². The first-order valence-corrected chi connectivity index (χ1v) is 10.6. The standard InChI is InChI=1S/C25H23NO6/c1-11-8-18(28)16-10-15-13(5-6-14-21(15)25(31)26(2)24(14)30)20(22(16)23(11)29)12-4-7-17(27)19(9-12)32-3/h4-5,7-9,14-15,20-21,27H,6,10H2,1-3H3/t14-,15+,20-,21-/m0/s1. The number of aromatic hydroxyl groups is 1. The molecule has 7 heteroatoms. The van der Waals surface area contributed by atoms with Crippen molar-refractivity contribution in [3.8, 4) is 11.5 Å². The second-order valence-electron chi connectivity index (χ2n) is 8.90. The zero-order valence-electron chi connectivity index (χ0n) is 18.0. The Balaban J connectivity index is 1.72. The lowest BCUT2D eigenvalue weighted by Crippen LogP contribution is -2.39. The zero-order valence-corrected chi connectivity index (χ0v) is 18.0. The van der Waals surface area contributed by atoms with Gasteiger partial charge in [-0.25, -0.2) is 0 Å². The highest BCUT2D eigenvalue weighted by Crippen LogP contribution is 2.55. The first kappa shape index (κ1) is 20.4. The first-order valence-electron chi connectivity index (χ1n) is 10.6. The summed E-state index contributed by atoms with van der Waals surface area (Å²) in [5, 5.41) is 10.1. The third kappa shape index (κ3) is 2.66. The van der Waals surface area contributed by atoms with Gasteiger partial charge >= 0.3 is 0 Å². The van der Waals surface area contributed by atoms with E-state index in [0.29, 0.717) is 28.7 Å². The zero-order chi connectivity index (χ0) is 22.9. The minimum atomic E-state index is -0.548. The molecular weight excluding hydrogens is 410 g/mol. The molecule has 1 N–H and O–H groups in total. The van der Waals surface area contributed by atoms with E-state index in [2.05, 4.69) is 0 Å². The molecule has 0 aromatic heterocycles. The van der Waals surface area contributed by atoms with Gasteiger partial charge in [0.25, 0.3) is 0 Å². The molecule has 4 aliphatic rings. The van der Waals surface area contributed by atoms with Gasteiger partial charge in [0, 0.05) is 29.7 Å². The topological polar surface area (TPSA) is 101 Å². The molecule has 0 saturated carbocycles. The number of nitrogens with zero attached hydrogens (tertiary/aromatic N) is 1. The normalized spacial score (nSPS) is 29.4. The summed E-state index contributed by atoms with van der Waals surface area (Å²) in [5.41, 5.74) is 2.79. The Labute approximate surface area is 185 Å². The van der Waals surface area contributed by atoms with E-state index in [9.17, 15) is 24.3 Å². The van der Waals surface area contributed by atoms with Crippen molar-refractivity contribution < 1.29 is 29.0 Å². The van der Waals surface area contributed by atoms with Crippen molar-refractivity contribution in [1.29, 1.82) is 0 Å². The Morgan fingerprint density at radius 3 is 2.56 bits per heavy atom. The van der Waals surface area contributed by atoms with Crippen LogP contribution in [0.1, 0.15) is 31.2 Å². The molecule has 1 aliphatic heterocycles. The number of amides is 2. The lowest BCUT2D eigenvalue weighted by Gasteiger charge is -2.42. The Hall–Kier alpha value is -3.48. The van der Waals surface area contributed by atoms with Gasteiger partial charge in [-0.1, -0.05) is 17.7 Å². The lowest BCUT2D eigenvalue weighted by molar-refractivity contribution is -0.138. The second kappa shape index (κ2) is 7.02. The molecule has 1 aromatic rings. The Morgan fingerprint density at radius 2 is 1.84 bits per heavy atom. The number of carbonyl (C=O) groups excluding carboxylic acids is 4. The van der Waals surface area contributed by atoms with E-state index in [1.54, 1.807) is 19.1 Å². The lowest BCUT2D eigenvalue weighted by atomic mass is 9.59. The van der Waals surface area contributed by atoms with Crippen LogP contribution in [-0.2, 0) is 19.2 Å². The number of ketones is 2. The largest absolute Gasteiger partial charge is 0.504 e. The number of imide groups is 1. The molecule has 32 heavy (non-hydrogen) atoms. The number of Topliss-reactive ketones (excluding diaryl/α,β-unsaturated/α-hetero) is 1. The molecule has 5 rings (SSSR count). The van der Waals surface area contributed by atoms with E-state index < -0.39 is 17.8 Å². The molecule has 4 atom stereocenters. The predicted octanol–water partition coefficient (Wildman–Crippen LogP) is 2.46.